The van der Waals surface area contributed by atoms with Gasteiger partial charge in [-0.15, -0.1) is 0 Å². The van der Waals surface area contributed by atoms with E-state index in [0.29, 0.717) is 6.54 Å². The summed E-state index contributed by atoms with van der Waals surface area (Å²) in [5.74, 6) is -1.81. The topological polar surface area (TPSA) is 119 Å². The van der Waals surface area contributed by atoms with Gasteiger partial charge in [0.15, 0.2) is 0 Å². The van der Waals surface area contributed by atoms with Gasteiger partial charge in [-0.3, -0.25) is 4.79 Å². The average Bonchev–Trinajstić information content (AvgIpc) is 2.60. The Hall–Kier alpha value is -1.18. The lowest BCUT2D eigenvalue weighted by molar-refractivity contribution is -0.143. The molecule has 0 radical (unpaired) electrons. The standard InChI is InChI=1S/C8H14N2O5/c11-3-6(8(14)15)10-7(13)5-1-4(12)2-9-5/h4-6,9,11-12H,1-3H2,(H,10,13)(H,14,15)/t4?,5-,6+/m1/s1. The molecule has 0 aromatic carbocycles. The number of carbonyl (C=O) groups excluding carboxylic acids is 1. The molecule has 86 valence electrons. The second-order valence-electron chi connectivity index (χ2n) is 3.43. The molecule has 1 fully saturated rings. The van der Waals surface area contributed by atoms with Crippen LogP contribution in [0.25, 0.3) is 0 Å². The molecule has 5 N–H and O–H groups in total. The lowest BCUT2D eigenvalue weighted by Gasteiger charge is -2.15. The van der Waals surface area contributed by atoms with E-state index < -0.39 is 36.7 Å². The number of nitrogens with one attached hydrogen (secondary N) is 2. The van der Waals surface area contributed by atoms with Gasteiger partial charge in [-0.1, -0.05) is 0 Å². The van der Waals surface area contributed by atoms with E-state index in [1.54, 1.807) is 0 Å². The molecule has 0 saturated carbocycles. The first-order valence-corrected chi connectivity index (χ1v) is 4.60. The van der Waals surface area contributed by atoms with Crippen LogP contribution in [0.5, 0.6) is 0 Å². The van der Waals surface area contributed by atoms with Crippen molar-refractivity contribution < 1.29 is 24.9 Å². The molecule has 7 heteroatoms. The lowest BCUT2D eigenvalue weighted by Crippen LogP contribution is -2.49. The minimum absolute atomic E-state index is 0.254. The van der Waals surface area contributed by atoms with Crippen molar-refractivity contribution in [1.29, 1.82) is 0 Å². The van der Waals surface area contributed by atoms with Gasteiger partial charge in [-0.05, 0) is 6.42 Å². The van der Waals surface area contributed by atoms with Crippen LogP contribution in [0.1, 0.15) is 6.42 Å². The third-order valence-electron chi connectivity index (χ3n) is 2.22. The van der Waals surface area contributed by atoms with Crippen molar-refractivity contribution in [1.82, 2.24) is 10.6 Å². The highest BCUT2D eigenvalue weighted by Gasteiger charge is 2.30. The van der Waals surface area contributed by atoms with E-state index in [2.05, 4.69) is 10.6 Å². The van der Waals surface area contributed by atoms with Crippen LogP contribution in [0.15, 0.2) is 0 Å². The number of carbonyl (C=O) groups is 2. The van der Waals surface area contributed by atoms with E-state index >= 15 is 0 Å². The molecule has 1 saturated heterocycles. The van der Waals surface area contributed by atoms with Gasteiger partial charge in [0.05, 0.1) is 18.8 Å². The molecule has 3 atom stereocenters. The first-order valence-electron chi connectivity index (χ1n) is 4.60. The van der Waals surface area contributed by atoms with E-state index in [4.69, 9.17) is 15.3 Å². The van der Waals surface area contributed by atoms with Gasteiger partial charge in [0.1, 0.15) is 6.04 Å². The molecule has 0 aliphatic carbocycles. The molecule has 15 heavy (non-hydrogen) atoms. The summed E-state index contributed by atoms with van der Waals surface area (Å²) in [6.45, 7) is -0.342. The third kappa shape index (κ3) is 3.15. The van der Waals surface area contributed by atoms with Crippen LogP contribution in [0, 0.1) is 0 Å². The number of rotatable bonds is 4. The van der Waals surface area contributed by atoms with Gasteiger partial charge in [-0.2, -0.15) is 0 Å². The second-order valence-corrected chi connectivity index (χ2v) is 3.43. The van der Waals surface area contributed by atoms with Crippen LogP contribution in [0.2, 0.25) is 0 Å². The fourth-order valence-corrected chi connectivity index (χ4v) is 1.37. The molecule has 1 heterocycles. The summed E-state index contributed by atoms with van der Waals surface area (Å²) in [7, 11) is 0. The zero-order valence-electron chi connectivity index (χ0n) is 8.01. The van der Waals surface area contributed by atoms with E-state index in [9.17, 15) is 9.59 Å². The fourth-order valence-electron chi connectivity index (χ4n) is 1.37. The Morgan fingerprint density at radius 1 is 1.53 bits per heavy atom. The molecule has 1 aliphatic heterocycles. The van der Waals surface area contributed by atoms with Crippen molar-refractivity contribution in [3.8, 4) is 0 Å². The van der Waals surface area contributed by atoms with Crippen molar-refractivity contribution in [2.45, 2.75) is 24.6 Å². The van der Waals surface area contributed by atoms with E-state index in [1.807, 2.05) is 0 Å². The Balaban J connectivity index is 2.44. The molecule has 1 aliphatic rings. The van der Waals surface area contributed by atoms with Crippen molar-refractivity contribution in [2.75, 3.05) is 13.2 Å². The molecule has 1 unspecified atom stereocenters. The zero-order chi connectivity index (χ0) is 11.4. The Labute approximate surface area is 86.1 Å². The quantitative estimate of drug-likeness (QED) is 0.349. The van der Waals surface area contributed by atoms with Gasteiger partial charge in [0.25, 0.3) is 0 Å². The van der Waals surface area contributed by atoms with Gasteiger partial charge >= 0.3 is 5.97 Å². The molecular weight excluding hydrogens is 204 g/mol. The monoisotopic (exact) mass is 218 g/mol. The Morgan fingerprint density at radius 2 is 2.20 bits per heavy atom. The minimum Gasteiger partial charge on any atom is -0.480 e. The highest BCUT2D eigenvalue weighted by atomic mass is 16.4. The van der Waals surface area contributed by atoms with Crippen LogP contribution in [-0.4, -0.2) is 58.5 Å². The van der Waals surface area contributed by atoms with Crippen LogP contribution in [-0.2, 0) is 9.59 Å². The number of aliphatic carboxylic acids is 1. The predicted molar refractivity (Wildman–Crippen MR) is 49.1 cm³/mol. The van der Waals surface area contributed by atoms with E-state index in [0.717, 1.165) is 0 Å². The lowest BCUT2D eigenvalue weighted by atomic mass is 10.2. The summed E-state index contributed by atoms with van der Waals surface area (Å²) >= 11 is 0. The average molecular weight is 218 g/mol. The molecule has 1 amide bonds. The zero-order valence-corrected chi connectivity index (χ0v) is 8.01. The highest BCUT2D eigenvalue weighted by molar-refractivity contribution is 5.87. The predicted octanol–water partition coefficient (Wildman–Crippen LogP) is -2.73. The Morgan fingerprint density at radius 3 is 2.60 bits per heavy atom. The van der Waals surface area contributed by atoms with Crippen LogP contribution < -0.4 is 10.6 Å². The molecule has 0 bridgehead atoms. The van der Waals surface area contributed by atoms with E-state index in [-0.39, 0.29) is 6.42 Å². The second kappa shape index (κ2) is 5.06. The first-order chi connectivity index (χ1) is 7.04. The molecule has 0 aromatic heterocycles. The van der Waals surface area contributed by atoms with Crippen LogP contribution in [0.4, 0.5) is 0 Å². The van der Waals surface area contributed by atoms with Gasteiger partial charge in [-0.25, -0.2) is 4.79 Å². The number of hydrogen-bond acceptors (Lipinski definition) is 5. The molecule has 7 nitrogen and oxygen atoms in total. The SMILES string of the molecule is O=C(O)[C@H](CO)NC(=O)[C@H]1CC(O)CN1. The smallest absolute Gasteiger partial charge is 0.328 e. The number of amides is 1. The number of hydrogen-bond donors (Lipinski definition) is 5. The summed E-state index contributed by atoms with van der Waals surface area (Å²) in [4.78, 5) is 21.9. The number of carboxylic acids is 1. The first kappa shape index (κ1) is 11.9. The van der Waals surface area contributed by atoms with Crippen LogP contribution in [0.3, 0.4) is 0 Å². The maximum atomic E-state index is 11.4. The van der Waals surface area contributed by atoms with Gasteiger partial charge in [0, 0.05) is 6.54 Å². The number of aliphatic hydroxyl groups is 2. The molecule has 0 aromatic rings. The van der Waals surface area contributed by atoms with Crippen molar-refractivity contribution in [2.24, 2.45) is 0 Å². The van der Waals surface area contributed by atoms with Crippen molar-refractivity contribution in [3.05, 3.63) is 0 Å². The highest BCUT2D eigenvalue weighted by Crippen LogP contribution is 2.06. The van der Waals surface area contributed by atoms with Crippen LogP contribution >= 0.6 is 0 Å². The summed E-state index contributed by atoms with van der Waals surface area (Å²) in [6, 6.07) is -1.88. The summed E-state index contributed by atoms with van der Waals surface area (Å²) in [5.41, 5.74) is 0. The molecule has 1 rings (SSSR count). The molecular formula is C8H14N2O5. The maximum Gasteiger partial charge on any atom is 0.328 e. The largest absolute Gasteiger partial charge is 0.480 e. The Bertz CT molecular complexity index is 257. The summed E-state index contributed by atoms with van der Waals surface area (Å²) in [5, 5.41) is 31.3. The minimum atomic E-state index is -1.29. The van der Waals surface area contributed by atoms with Crippen molar-refractivity contribution in [3.63, 3.8) is 0 Å². The third-order valence-corrected chi connectivity index (χ3v) is 2.22. The fraction of sp³-hybridized carbons (Fsp3) is 0.750. The number of carboxylic acid groups (broad SMARTS) is 1. The van der Waals surface area contributed by atoms with Gasteiger partial charge < -0.3 is 26.0 Å². The number of aliphatic hydroxyl groups excluding tert-OH is 2. The van der Waals surface area contributed by atoms with Gasteiger partial charge in [0.2, 0.25) is 5.91 Å². The van der Waals surface area contributed by atoms with Crippen molar-refractivity contribution >= 4 is 11.9 Å². The normalized spacial score (nSPS) is 27.3. The Kier molecular flexibility index (Phi) is 4.01. The maximum absolute atomic E-state index is 11.4. The summed E-state index contributed by atoms with van der Waals surface area (Å²) < 4.78 is 0. The molecule has 0 spiro atoms. The summed E-state index contributed by atoms with van der Waals surface area (Å²) in [6.07, 6.45) is -0.331. The number of β-amino-alcohol motifs (C(OH)–C–C–N with tert-alkyl or cyclic N) is 1. The van der Waals surface area contributed by atoms with E-state index in [1.165, 1.54) is 0 Å².